The van der Waals surface area contributed by atoms with Gasteiger partial charge in [-0.15, -0.1) is 0 Å². The van der Waals surface area contributed by atoms with Crippen LogP contribution in [0.25, 0.3) is 0 Å². The molecule has 1 aromatic carbocycles. The summed E-state index contributed by atoms with van der Waals surface area (Å²) in [7, 11) is 0. The molecule has 0 bridgehead atoms. The number of carbonyl (C=O) groups excluding carboxylic acids is 1. The van der Waals surface area contributed by atoms with Crippen LogP contribution < -0.4 is 5.32 Å². The van der Waals surface area contributed by atoms with Gasteiger partial charge in [0.05, 0.1) is 6.10 Å². The molecule has 1 aliphatic carbocycles. The average Bonchev–Trinajstić information content (AvgIpc) is 2.35. The van der Waals surface area contributed by atoms with Crippen molar-refractivity contribution in [3.8, 4) is 0 Å². The minimum Gasteiger partial charge on any atom is -0.462 e. The molecule has 0 unspecified atom stereocenters. The molecule has 0 atom stereocenters. The van der Waals surface area contributed by atoms with Gasteiger partial charge < -0.3 is 10.1 Å². The Hall–Kier alpha value is -1.51. The molecule has 0 spiro atoms. The third-order valence-corrected chi connectivity index (χ3v) is 3.19. The fourth-order valence-electron chi connectivity index (χ4n) is 2.42. The number of esters is 1. The number of fused-ring (bicyclic) bond motifs is 1. The first kappa shape index (κ1) is 12.9. The monoisotopic (exact) mass is 247 g/mol. The number of carbonyl (C=O) groups is 1. The lowest BCUT2D eigenvalue weighted by Crippen LogP contribution is -2.21. The van der Waals surface area contributed by atoms with E-state index >= 15 is 0 Å². The van der Waals surface area contributed by atoms with Crippen LogP contribution in [0.2, 0.25) is 0 Å². The normalized spacial score (nSPS) is 14.2. The molecule has 0 radical (unpaired) electrons. The molecule has 18 heavy (non-hydrogen) atoms. The van der Waals surface area contributed by atoms with Gasteiger partial charge in [-0.3, -0.25) is 4.79 Å². The molecule has 0 saturated heterocycles. The summed E-state index contributed by atoms with van der Waals surface area (Å²) in [5.41, 5.74) is 3.89. The third-order valence-electron chi connectivity index (χ3n) is 3.19. The summed E-state index contributed by atoms with van der Waals surface area (Å²) in [4.78, 5) is 11.5. The number of nitrogens with one attached hydrogen (secondary N) is 1. The van der Waals surface area contributed by atoms with Crippen molar-refractivity contribution in [2.75, 3.05) is 11.9 Å². The van der Waals surface area contributed by atoms with E-state index in [2.05, 4.69) is 17.4 Å². The summed E-state index contributed by atoms with van der Waals surface area (Å²) in [6.45, 7) is 3.97. The van der Waals surface area contributed by atoms with Crippen molar-refractivity contribution in [3.63, 3.8) is 0 Å². The van der Waals surface area contributed by atoms with Crippen molar-refractivity contribution < 1.29 is 9.53 Å². The van der Waals surface area contributed by atoms with Gasteiger partial charge in [-0.1, -0.05) is 12.1 Å². The van der Waals surface area contributed by atoms with Gasteiger partial charge in [0.1, 0.15) is 6.54 Å². The molecule has 1 N–H and O–H groups in total. The predicted molar refractivity (Wildman–Crippen MR) is 72.8 cm³/mol. The highest BCUT2D eigenvalue weighted by Gasteiger charge is 2.13. The second-order valence-corrected chi connectivity index (χ2v) is 5.04. The summed E-state index contributed by atoms with van der Waals surface area (Å²) in [5.74, 6) is -0.196. The zero-order valence-corrected chi connectivity index (χ0v) is 11.2. The number of anilines is 1. The SMILES string of the molecule is CC(C)OC(=O)CNc1cccc2c1CCCC2. The van der Waals surface area contributed by atoms with Gasteiger partial charge in [0.25, 0.3) is 0 Å². The highest BCUT2D eigenvalue weighted by atomic mass is 16.5. The van der Waals surface area contributed by atoms with Crippen molar-refractivity contribution >= 4 is 11.7 Å². The molecular weight excluding hydrogens is 226 g/mol. The molecule has 0 aliphatic heterocycles. The Balaban J connectivity index is 1.99. The lowest BCUT2D eigenvalue weighted by molar-refractivity contribution is -0.145. The van der Waals surface area contributed by atoms with Crippen LogP contribution in [0.3, 0.4) is 0 Å². The number of hydrogen-bond donors (Lipinski definition) is 1. The lowest BCUT2D eigenvalue weighted by Gasteiger charge is -2.20. The van der Waals surface area contributed by atoms with E-state index in [0.29, 0.717) is 0 Å². The van der Waals surface area contributed by atoms with E-state index in [4.69, 9.17) is 4.74 Å². The average molecular weight is 247 g/mol. The van der Waals surface area contributed by atoms with E-state index in [1.54, 1.807) is 0 Å². The first-order valence-electron chi connectivity index (χ1n) is 6.71. The summed E-state index contributed by atoms with van der Waals surface area (Å²) in [6, 6.07) is 6.29. The third kappa shape index (κ3) is 3.25. The van der Waals surface area contributed by atoms with Gasteiger partial charge in [-0.2, -0.15) is 0 Å². The van der Waals surface area contributed by atoms with Crippen molar-refractivity contribution in [1.29, 1.82) is 0 Å². The first-order valence-corrected chi connectivity index (χ1v) is 6.71. The van der Waals surface area contributed by atoms with Crippen LogP contribution in [0.4, 0.5) is 5.69 Å². The van der Waals surface area contributed by atoms with Crippen LogP contribution in [-0.2, 0) is 22.4 Å². The number of aryl methyl sites for hydroxylation is 1. The van der Waals surface area contributed by atoms with E-state index in [1.807, 2.05) is 19.9 Å². The number of hydrogen-bond acceptors (Lipinski definition) is 3. The Morgan fingerprint density at radius 3 is 2.89 bits per heavy atom. The first-order chi connectivity index (χ1) is 8.66. The van der Waals surface area contributed by atoms with Crippen LogP contribution in [0, 0.1) is 0 Å². The zero-order valence-electron chi connectivity index (χ0n) is 11.2. The van der Waals surface area contributed by atoms with Crippen LogP contribution in [0.15, 0.2) is 18.2 Å². The van der Waals surface area contributed by atoms with Gasteiger partial charge >= 0.3 is 5.97 Å². The Kier molecular flexibility index (Phi) is 4.24. The highest BCUT2D eigenvalue weighted by Crippen LogP contribution is 2.27. The molecule has 3 nitrogen and oxygen atoms in total. The van der Waals surface area contributed by atoms with E-state index in [9.17, 15) is 4.79 Å². The zero-order chi connectivity index (χ0) is 13.0. The van der Waals surface area contributed by atoms with Gasteiger partial charge in [0, 0.05) is 5.69 Å². The molecule has 0 fully saturated rings. The van der Waals surface area contributed by atoms with Crippen LogP contribution in [0.1, 0.15) is 37.8 Å². The van der Waals surface area contributed by atoms with E-state index in [0.717, 1.165) is 18.5 Å². The molecule has 3 heteroatoms. The van der Waals surface area contributed by atoms with Crippen molar-refractivity contribution in [1.82, 2.24) is 0 Å². The quantitative estimate of drug-likeness (QED) is 0.831. The second kappa shape index (κ2) is 5.89. The molecule has 1 aliphatic rings. The Morgan fingerprint density at radius 2 is 2.11 bits per heavy atom. The number of benzene rings is 1. The van der Waals surface area contributed by atoms with Crippen LogP contribution in [-0.4, -0.2) is 18.6 Å². The smallest absolute Gasteiger partial charge is 0.325 e. The van der Waals surface area contributed by atoms with Crippen molar-refractivity contribution in [2.24, 2.45) is 0 Å². The largest absolute Gasteiger partial charge is 0.462 e. The summed E-state index contributed by atoms with van der Waals surface area (Å²) in [5, 5.41) is 3.20. The minimum atomic E-state index is -0.196. The Morgan fingerprint density at radius 1 is 1.33 bits per heavy atom. The number of rotatable bonds is 4. The summed E-state index contributed by atoms with van der Waals surface area (Å²) < 4.78 is 5.11. The summed E-state index contributed by atoms with van der Waals surface area (Å²) in [6.07, 6.45) is 4.72. The fraction of sp³-hybridized carbons (Fsp3) is 0.533. The second-order valence-electron chi connectivity index (χ2n) is 5.04. The van der Waals surface area contributed by atoms with E-state index < -0.39 is 0 Å². The molecule has 0 aromatic heterocycles. The molecular formula is C15H21NO2. The maximum absolute atomic E-state index is 11.5. The fourth-order valence-corrected chi connectivity index (χ4v) is 2.42. The maximum Gasteiger partial charge on any atom is 0.325 e. The summed E-state index contributed by atoms with van der Waals surface area (Å²) >= 11 is 0. The molecule has 98 valence electrons. The van der Waals surface area contributed by atoms with Crippen LogP contribution in [0.5, 0.6) is 0 Å². The van der Waals surface area contributed by atoms with Gasteiger partial charge in [0.15, 0.2) is 0 Å². The highest BCUT2D eigenvalue weighted by molar-refractivity contribution is 5.75. The van der Waals surface area contributed by atoms with E-state index in [1.165, 1.54) is 24.0 Å². The van der Waals surface area contributed by atoms with E-state index in [-0.39, 0.29) is 18.6 Å². The van der Waals surface area contributed by atoms with Crippen molar-refractivity contribution in [3.05, 3.63) is 29.3 Å². The predicted octanol–water partition coefficient (Wildman–Crippen LogP) is 2.93. The molecule has 2 rings (SSSR count). The van der Waals surface area contributed by atoms with Gasteiger partial charge in [0.2, 0.25) is 0 Å². The topological polar surface area (TPSA) is 38.3 Å². The van der Waals surface area contributed by atoms with Gasteiger partial charge in [-0.05, 0) is 56.7 Å². The van der Waals surface area contributed by atoms with Crippen LogP contribution >= 0.6 is 0 Å². The minimum absolute atomic E-state index is 0.0519. The maximum atomic E-state index is 11.5. The lowest BCUT2D eigenvalue weighted by atomic mass is 9.90. The van der Waals surface area contributed by atoms with Gasteiger partial charge in [-0.25, -0.2) is 0 Å². The standard InChI is InChI=1S/C15H21NO2/c1-11(2)18-15(17)10-16-14-9-5-7-12-6-3-4-8-13(12)14/h5,7,9,11,16H,3-4,6,8,10H2,1-2H3. The molecule has 0 saturated carbocycles. The Labute approximate surface area is 109 Å². The molecule has 1 aromatic rings. The Bertz CT molecular complexity index is 427. The molecule has 0 heterocycles. The van der Waals surface area contributed by atoms with Crippen molar-refractivity contribution in [2.45, 2.75) is 45.6 Å². The molecule has 0 amide bonds. The number of ether oxygens (including phenoxy) is 1.